The van der Waals surface area contributed by atoms with Crippen LogP contribution in [0.25, 0.3) is 0 Å². The zero-order valence-corrected chi connectivity index (χ0v) is 15.5. The van der Waals surface area contributed by atoms with Gasteiger partial charge in [-0.3, -0.25) is 0 Å². The number of piperidine rings is 1. The SMILES string of the molecule is CC(O)C1CCCN(C(=O)NCCc2ccc(C(C)(C)C)cc2)C1. The summed E-state index contributed by atoms with van der Waals surface area (Å²) in [6.07, 6.45) is 2.46. The number of amides is 2. The first-order valence-electron chi connectivity index (χ1n) is 9.07. The molecule has 2 unspecified atom stereocenters. The summed E-state index contributed by atoms with van der Waals surface area (Å²) >= 11 is 0. The zero-order valence-electron chi connectivity index (χ0n) is 15.5. The van der Waals surface area contributed by atoms with E-state index in [-0.39, 0.29) is 23.5 Å². The minimum atomic E-state index is -0.345. The first-order valence-corrected chi connectivity index (χ1v) is 9.07. The summed E-state index contributed by atoms with van der Waals surface area (Å²) in [6, 6.07) is 8.64. The number of aliphatic hydroxyl groups excluding tert-OH is 1. The molecule has 0 aliphatic carbocycles. The van der Waals surface area contributed by atoms with E-state index in [0.717, 1.165) is 25.8 Å². The first kappa shape index (κ1) is 18.8. The van der Waals surface area contributed by atoms with E-state index >= 15 is 0 Å². The van der Waals surface area contributed by atoms with E-state index in [4.69, 9.17) is 0 Å². The number of likely N-dealkylation sites (tertiary alicyclic amines) is 1. The molecule has 0 spiro atoms. The highest BCUT2D eigenvalue weighted by Crippen LogP contribution is 2.22. The molecule has 1 aliphatic rings. The lowest BCUT2D eigenvalue weighted by Gasteiger charge is -2.34. The minimum absolute atomic E-state index is 0.00772. The lowest BCUT2D eigenvalue weighted by atomic mass is 9.86. The summed E-state index contributed by atoms with van der Waals surface area (Å²) in [4.78, 5) is 14.1. The highest BCUT2D eigenvalue weighted by molar-refractivity contribution is 5.74. The van der Waals surface area contributed by atoms with Crippen LogP contribution in [0.5, 0.6) is 0 Å². The van der Waals surface area contributed by atoms with Gasteiger partial charge in [0.15, 0.2) is 0 Å². The number of carbonyl (C=O) groups excluding carboxylic acids is 1. The van der Waals surface area contributed by atoms with Crippen LogP contribution in [0.3, 0.4) is 0 Å². The van der Waals surface area contributed by atoms with Crippen LogP contribution in [0.15, 0.2) is 24.3 Å². The Labute approximate surface area is 146 Å². The fourth-order valence-electron chi connectivity index (χ4n) is 3.19. The number of nitrogens with one attached hydrogen (secondary N) is 1. The summed E-state index contributed by atoms with van der Waals surface area (Å²) in [6.45, 7) is 10.5. The second-order valence-electron chi connectivity index (χ2n) is 8.02. The molecule has 1 aromatic rings. The van der Waals surface area contributed by atoms with Crippen LogP contribution in [-0.2, 0) is 11.8 Å². The van der Waals surface area contributed by atoms with Gasteiger partial charge in [-0.05, 0) is 42.7 Å². The third-order valence-electron chi connectivity index (χ3n) is 4.94. The number of carbonyl (C=O) groups is 1. The van der Waals surface area contributed by atoms with Gasteiger partial charge in [-0.2, -0.15) is 0 Å². The van der Waals surface area contributed by atoms with Gasteiger partial charge in [0, 0.05) is 25.6 Å². The van der Waals surface area contributed by atoms with Crippen molar-refractivity contribution < 1.29 is 9.90 Å². The molecule has 0 saturated carbocycles. The normalized spacial score (nSPS) is 19.9. The zero-order chi connectivity index (χ0) is 17.7. The lowest BCUT2D eigenvalue weighted by molar-refractivity contribution is 0.0740. The summed E-state index contributed by atoms with van der Waals surface area (Å²) in [5, 5.41) is 12.7. The van der Waals surface area contributed by atoms with Crippen LogP contribution in [0, 0.1) is 5.92 Å². The van der Waals surface area contributed by atoms with Gasteiger partial charge in [-0.25, -0.2) is 4.79 Å². The second-order valence-corrected chi connectivity index (χ2v) is 8.02. The Bertz CT molecular complexity index is 532. The molecule has 0 aromatic heterocycles. The predicted octanol–water partition coefficient (Wildman–Crippen LogP) is 3.33. The standard InChI is InChI=1S/C20H32N2O2/c1-15(23)17-6-5-13-22(14-17)19(24)21-12-11-16-7-9-18(10-8-16)20(2,3)4/h7-10,15,17,23H,5-6,11-14H2,1-4H3,(H,21,24). The fraction of sp³-hybridized carbons (Fsp3) is 0.650. The summed E-state index contributed by atoms with van der Waals surface area (Å²) in [5.41, 5.74) is 2.73. The number of urea groups is 1. The third kappa shape index (κ3) is 5.23. The molecule has 4 nitrogen and oxygen atoms in total. The molecular formula is C20H32N2O2. The van der Waals surface area contributed by atoms with Crippen molar-refractivity contribution in [3.63, 3.8) is 0 Å². The topological polar surface area (TPSA) is 52.6 Å². The average molecular weight is 332 g/mol. The maximum atomic E-state index is 12.3. The first-order chi connectivity index (χ1) is 11.3. The van der Waals surface area contributed by atoms with Crippen molar-refractivity contribution in [3.8, 4) is 0 Å². The van der Waals surface area contributed by atoms with Gasteiger partial charge in [0.05, 0.1) is 6.10 Å². The molecule has 1 heterocycles. The van der Waals surface area contributed by atoms with Crippen molar-refractivity contribution in [1.29, 1.82) is 0 Å². The van der Waals surface area contributed by atoms with Crippen molar-refractivity contribution in [3.05, 3.63) is 35.4 Å². The molecule has 1 aliphatic heterocycles. The third-order valence-corrected chi connectivity index (χ3v) is 4.94. The molecule has 0 radical (unpaired) electrons. The molecule has 2 N–H and O–H groups in total. The Hall–Kier alpha value is -1.55. The smallest absolute Gasteiger partial charge is 0.317 e. The Balaban J connectivity index is 1.78. The van der Waals surface area contributed by atoms with E-state index < -0.39 is 0 Å². The van der Waals surface area contributed by atoms with E-state index in [1.165, 1.54) is 11.1 Å². The van der Waals surface area contributed by atoms with Crippen LogP contribution in [0.4, 0.5) is 4.79 Å². The molecule has 0 bridgehead atoms. The van der Waals surface area contributed by atoms with Gasteiger partial charge in [0.2, 0.25) is 0 Å². The van der Waals surface area contributed by atoms with Crippen molar-refractivity contribution in [1.82, 2.24) is 10.2 Å². The van der Waals surface area contributed by atoms with Crippen molar-refractivity contribution >= 4 is 6.03 Å². The van der Waals surface area contributed by atoms with Crippen molar-refractivity contribution in [2.45, 2.75) is 58.5 Å². The lowest BCUT2D eigenvalue weighted by Crippen LogP contribution is -2.47. The molecule has 134 valence electrons. The van der Waals surface area contributed by atoms with Gasteiger partial charge in [0.1, 0.15) is 0 Å². The van der Waals surface area contributed by atoms with E-state index in [9.17, 15) is 9.90 Å². The molecule has 2 rings (SSSR count). The predicted molar refractivity (Wildman–Crippen MR) is 98.2 cm³/mol. The molecular weight excluding hydrogens is 300 g/mol. The van der Waals surface area contributed by atoms with E-state index in [1.54, 1.807) is 0 Å². The largest absolute Gasteiger partial charge is 0.393 e. The number of nitrogens with zero attached hydrogens (tertiary/aromatic N) is 1. The maximum Gasteiger partial charge on any atom is 0.317 e. The highest BCUT2D eigenvalue weighted by atomic mass is 16.3. The molecule has 2 amide bonds. The number of aliphatic hydroxyl groups is 1. The number of hydrogen-bond acceptors (Lipinski definition) is 2. The van der Waals surface area contributed by atoms with Gasteiger partial charge in [0.25, 0.3) is 0 Å². The van der Waals surface area contributed by atoms with Crippen LogP contribution >= 0.6 is 0 Å². The van der Waals surface area contributed by atoms with Crippen molar-refractivity contribution in [2.24, 2.45) is 5.92 Å². The van der Waals surface area contributed by atoms with E-state index in [1.807, 2.05) is 11.8 Å². The van der Waals surface area contributed by atoms with Crippen LogP contribution in [0.1, 0.15) is 51.7 Å². The van der Waals surface area contributed by atoms with Crippen LogP contribution in [0.2, 0.25) is 0 Å². The monoisotopic (exact) mass is 332 g/mol. The molecule has 24 heavy (non-hydrogen) atoms. The molecule has 1 saturated heterocycles. The summed E-state index contributed by atoms with van der Waals surface area (Å²) < 4.78 is 0. The van der Waals surface area contributed by atoms with Crippen LogP contribution < -0.4 is 5.32 Å². The maximum absolute atomic E-state index is 12.3. The van der Waals surface area contributed by atoms with E-state index in [2.05, 4.69) is 50.4 Å². The molecule has 1 fully saturated rings. The molecule has 2 atom stereocenters. The van der Waals surface area contributed by atoms with Crippen molar-refractivity contribution in [2.75, 3.05) is 19.6 Å². The number of hydrogen-bond donors (Lipinski definition) is 2. The van der Waals surface area contributed by atoms with Gasteiger partial charge >= 0.3 is 6.03 Å². The van der Waals surface area contributed by atoms with Gasteiger partial charge in [-0.1, -0.05) is 45.0 Å². The Morgan fingerprint density at radius 1 is 1.33 bits per heavy atom. The summed E-state index contributed by atoms with van der Waals surface area (Å²) in [5.74, 6) is 0.203. The molecule has 1 aromatic carbocycles. The van der Waals surface area contributed by atoms with Gasteiger partial charge < -0.3 is 15.3 Å². The highest BCUT2D eigenvalue weighted by Gasteiger charge is 2.26. The van der Waals surface area contributed by atoms with E-state index in [0.29, 0.717) is 13.1 Å². The molecule has 4 heteroatoms. The Kier molecular flexibility index (Phi) is 6.27. The minimum Gasteiger partial charge on any atom is -0.393 e. The average Bonchev–Trinajstić information content (AvgIpc) is 2.54. The quantitative estimate of drug-likeness (QED) is 0.888. The Morgan fingerprint density at radius 3 is 2.58 bits per heavy atom. The van der Waals surface area contributed by atoms with Gasteiger partial charge in [-0.15, -0.1) is 0 Å². The number of rotatable bonds is 4. The van der Waals surface area contributed by atoms with Crippen LogP contribution in [-0.4, -0.2) is 41.8 Å². The number of benzene rings is 1. The Morgan fingerprint density at radius 2 is 2.00 bits per heavy atom. The summed E-state index contributed by atoms with van der Waals surface area (Å²) in [7, 11) is 0. The fourth-order valence-corrected chi connectivity index (χ4v) is 3.19. The second kappa shape index (κ2) is 8.02.